The summed E-state index contributed by atoms with van der Waals surface area (Å²) in [7, 11) is 0. The van der Waals surface area contributed by atoms with E-state index in [1.807, 2.05) is 13.8 Å². The van der Waals surface area contributed by atoms with Crippen LogP contribution in [0.4, 0.5) is 0 Å². The first-order valence-electron chi connectivity index (χ1n) is 6.73. The first kappa shape index (κ1) is 15.7. The lowest BCUT2D eigenvalue weighted by Gasteiger charge is -2.20. The van der Waals surface area contributed by atoms with E-state index in [1.165, 1.54) is 5.57 Å². The number of amides is 2. The van der Waals surface area contributed by atoms with Crippen molar-refractivity contribution in [2.75, 3.05) is 6.54 Å². The van der Waals surface area contributed by atoms with Gasteiger partial charge >= 0.3 is 0 Å². The van der Waals surface area contributed by atoms with Crippen molar-refractivity contribution in [2.24, 2.45) is 28.4 Å². The number of hydrogen-bond acceptors (Lipinski definition) is 2. The predicted octanol–water partition coefficient (Wildman–Crippen LogP) is 1.85. The highest BCUT2D eigenvalue weighted by Gasteiger charge is 2.60. The highest BCUT2D eigenvalue weighted by Crippen LogP contribution is 2.59. The maximum Gasteiger partial charge on any atom is 0.224 e. The Morgan fingerprint density at radius 2 is 1.84 bits per heavy atom. The highest BCUT2D eigenvalue weighted by molar-refractivity contribution is 5.85. The lowest BCUT2D eigenvalue weighted by molar-refractivity contribution is -0.127. The molecule has 0 heterocycles. The second-order valence-corrected chi connectivity index (χ2v) is 7.03. The Morgan fingerprint density at radius 3 is 2.26 bits per heavy atom. The summed E-state index contributed by atoms with van der Waals surface area (Å²) in [6.07, 6.45) is 2.16. The summed E-state index contributed by atoms with van der Waals surface area (Å²) in [4.78, 5) is 23.4. The van der Waals surface area contributed by atoms with E-state index in [0.29, 0.717) is 0 Å². The van der Waals surface area contributed by atoms with Crippen LogP contribution in [-0.2, 0) is 9.59 Å². The molecule has 0 aromatic heterocycles. The zero-order chi connectivity index (χ0) is 15.0. The van der Waals surface area contributed by atoms with Gasteiger partial charge in [0.25, 0.3) is 0 Å². The molecule has 3 N–H and O–H groups in total. The molecule has 0 aromatic carbocycles. The second kappa shape index (κ2) is 4.99. The molecule has 0 radical (unpaired) electrons. The minimum atomic E-state index is -0.708. The molecule has 1 fully saturated rings. The molecule has 0 spiro atoms. The van der Waals surface area contributed by atoms with Crippen molar-refractivity contribution in [3.8, 4) is 0 Å². The third-order valence-electron chi connectivity index (χ3n) is 4.08. The van der Waals surface area contributed by atoms with Crippen molar-refractivity contribution in [3.05, 3.63) is 11.6 Å². The van der Waals surface area contributed by atoms with Gasteiger partial charge in [-0.2, -0.15) is 0 Å². The van der Waals surface area contributed by atoms with E-state index in [2.05, 4.69) is 25.2 Å². The lowest BCUT2D eigenvalue weighted by atomic mass is 9.92. The summed E-state index contributed by atoms with van der Waals surface area (Å²) in [5, 5.41) is 2.86. The Bertz CT molecular complexity index is 418. The summed E-state index contributed by atoms with van der Waals surface area (Å²) in [5.74, 6) is -0.106. The standard InChI is InChI=1S/C15H26N2O2/c1-9(2)7-10-11(15(10,5)6)12(18)17-8-14(3,4)13(16)19/h7,10-11H,8H2,1-6H3,(H2,16,19)(H,17,18)/t10-,11+/m0/s1. The summed E-state index contributed by atoms with van der Waals surface area (Å²) in [6.45, 7) is 12.0. The van der Waals surface area contributed by atoms with Gasteiger partial charge in [0.2, 0.25) is 11.8 Å². The monoisotopic (exact) mass is 266 g/mol. The number of carbonyl (C=O) groups is 2. The van der Waals surface area contributed by atoms with Crippen LogP contribution in [0.25, 0.3) is 0 Å². The van der Waals surface area contributed by atoms with Crippen LogP contribution in [-0.4, -0.2) is 18.4 Å². The van der Waals surface area contributed by atoms with Crippen LogP contribution in [0.2, 0.25) is 0 Å². The average molecular weight is 266 g/mol. The lowest BCUT2D eigenvalue weighted by Crippen LogP contribution is -2.43. The Morgan fingerprint density at radius 1 is 1.32 bits per heavy atom. The molecular formula is C15H26N2O2. The first-order valence-corrected chi connectivity index (χ1v) is 6.73. The van der Waals surface area contributed by atoms with Gasteiger partial charge in [-0.15, -0.1) is 0 Å². The molecule has 0 aromatic rings. The molecule has 2 amide bonds. The van der Waals surface area contributed by atoms with E-state index in [4.69, 9.17) is 5.73 Å². The van der Waals surface area contributed by atoms with Crippen LogP contribution < -0.4 is 11.1 Å². The van der Waals surface area contributed by atoms with E-state index >= 15 is 0 Å². The molecule has 1 rings (SSSR count). The quantitative estimate of drug-likeness (QED) is 0.745. The maximum atomic E-state index is 12.2. The third-order valence-corrected chi connectivity index (χ3v) is 4.08. The van der Waals surface area contributed by atoms with Crippen LogP contribution in [0.1, 0.15) is 41.5 Å². The van der Waals surface area contributed by atoms with E-state index in [-0.39, 0.29) is 29.7 Å². The zero-order valence-corrected chi connectivity index (χ0v) is 12.8. The molecular weight excluding hydrogens is 240 g/mol. The molecule has 4 nitrogen and oxygen atoms in total. The van der Waals surface area contributed by atoms with Crippen molar-refractivity contribution in [1.29, 1.82) is 0 Å². The van der Waals surface area contributed by atoms with Crippen molar-refractivity contribution in [2.45, 2.75) is 41.5 Å². The van der Waals surface area contributed by atoms with Crippen molar-refractivity contribution in [3.63, 3.8) is 0 Å². The fourth-order valence-electron chi connectivity index (χ4n) is 2.35. The van der Waals surface area contributed by atoms with Crippen molar-refractivity contribution >= 4 is 11.8 Å². The molecule has 1 saturated carbocycles. The van der Waals surface area contributed by atoms with Crippen molar-refractivity contribution < 1.29 is 9.59 Å². The van der Waals surface area contributed by atoms with Gasteiger partial charge < -0.3 is 11.1 Å². The molecule has 1 aliphatic rings. The first-order chi connectivity index (χ1) is 8.50. The minimum Gasteiger partial charge on any atom is -0.369 e. The SMILES string of the molecule is CC(C)=C[C@H]1[C@H](C(=O)NCC(C)(C)C(N)=O)C1(C)C. The summed E-state index contributed by atoms with van der Waals surface area (Å²) < 4.78 is 0. The number of hydrogen-bond donors (Lipinski definition) is 2. The van der Waals surface area contributed by atoms with E-state index in [0.717, 1.165) is 0 Å². The van der Waals surface area contributed by atoms with E-state index < -0.39 is 11.3 Å². The number of nitrogens with one attached hydrogen (secondary N) is 1. The maximum absolute atomic E-state index is 12.2. The number of nitrogens with two attached hydrogens (primary N) is 1. The van der Waals surface area contributed by atoms with Crippen LogP contribution in [0, 0.1) is 22.7 Å². The molecule has 2 atom stereocenters. The van der Waals surface area contributed by atoms with Gasteiger partial charge in [-0.1, -0.05) is 25.5 Å². The third kappa shape index (κ3) is 3.37. The zero-order valence-electron chi connectivity index (χ0n) is 12.8. The van der Waals surface area contributed by atoms with Crippen LogP contribution in [0.15, 0.2) is 11.6 Å². The molecule has 19 heavy (non-hydrogen) atoms. The molecule has 0 saturated heterocycles. The topological polar surface area (TPSA) is 72.2 Å². The van der Waals surface area contributed by atoms with Gasteiger partial charge in [-0.3, -0.25) is 9.59 Å². The Labute approximate surface area is 115 Å². The number of carbonyl (C=O) groups excluding carboxylic acids is 2. The summed E-state index contributed by atoms with van der Waals surface area (Å²) in [5.41, 5.74) is 5.81. The predicted molar refractivity (Wildman–Crippen MR) is 76.2 cm³/mol. The van der Waals surface area contributed by atoms with Gasteiger partial charge in [-0.25, -0.2) is 0 Å². The van der Waals surface area contributed by atoms with Crippen molar-refractivity contribution in [1.82, 2.24) is 5.32 Å². The number of primary amides is 1. The summed E-state index contributed by atoms with van der Waals surface area (Å²) in [6, 6.07) is 0. The summed E-state index contributed by atoms with van der Waals surface area (Å²) >= 11 is 0. The van der Waals surface area contributed by atoms with Gasteiger partial charge in [0.15, 0.2) is 0 Å². The molecule has 0 bridgehead atoms. The normalized spacial score (nSPS) is 24.5. The Balaban J connectivity index is 2.62. The van der Waals surface area contributed by atoms with E-state index in [9.17, 15) is 9.59 Å². The number of allylic oxidation sites excluding steroid dienone is 2. The smallest absolute Gasteiger partial charge is 0.224 e. The van der Waals surface area contributed by atoms with Crippen LogP contribution >= 0.6 is 0 Å². The van der Waals surface area contributed by atoms with Gasteiger partial charge in [0.1, 0.15) is 0 Å². The Kier molecular flexibility index (Phi) is 4.13. The fourth-order valence-corrected chi connectivity index (χ4v) is 2.35. The number of rotatable bonds is 5. The Hall–Kier alpha value is -1.32. The highest BCUT2D eigenvalue weighted by atomic mass is 16.2. The van der Waals surface area contributed by atoms with Gasteiger partial charge in [0, 0.05) is 6.54 Å². The average Bonchev–Trinajstić information content (AvgIpc) is 2.76. The van der Waals surface area contributed by atoms with E-state index in [1.54, 1.807) is 13.8 Å². The molecule has 4 heteroatoms. The largest absolute Gasteiger partial charge is 0.369 e. The van der Waals surface area contributed by atoms with Gasteiger partial charge in [0.05, 0.1) is 11.3 Å². The minimum absolute atomic E-state index is 0.00177. The second-order valence-electron chi connectivity index (χ2n) is 7.03. The van der Waals surface area contributed by atoms with Crippen LogP contribution in [0.5, 0.6) is 0 Å². The molecule has 1 aliphatic carbocycles. The molecule has 108 valence electrons. The fraction of sp³-hybridized carbons (Fsp3) is 0.733. The van der Waals surface area contributed by atoms with Crippen LogP contribution in [0.3, 0.4) is 0 Å². The molecule has 0 aliphatic heterocycles. The molecule has 0 unspecified atom stereocenters. The van der Waals surface area contributed by atoms with Gasteiger partial charge in [-0.05, 0) is 39.0 Å².